The second kappa shape index (κ2) is 5.17. The molecule has 2 aromatic rings. The number of hydrogen-bond donors (Lipinski definition) is 2. The second-order valence-electron chi connectivity index (χ2n) is 3.30. The van der Waals surface area contributed by atoms with Crippen LogP contribution in [0.3, 0.4) is 0 Å². The van der Waals surface area contributed by atoms with Crippen molar-refractivity contribution in [1.29, 1.82) is 0 Å². The van der Waals surface area contributed by atoms with E-state index in [2.05, 4.69) is 15.3 Å². The maximum absolute atomic E-state index is 11.4. The average Bonchev–Trinajstić information content (AvgIpc) is 2.81. The fourth-order valence-electron chi connectivity index (χ4n) is 1.27. The minimum atomic E-state index is -0.573. The van der Waals surface area contributed by atoms with Crippen LogP contribution in [-0.2, 0) is 4.74 Å². The fourth-order valence-corrected chi connectivity index (χ4v) is 1.27. The van der Waals surface area contributed by atoms with E-state index in [1.54, 1.807) is 19.1 Å². The lowest BCUT2D eigenvalue weighted by molar-refractivity contribution is 0.0519. The first-order valence-corrected chi connectivity index (χ1v) is 5.28. The van der Waals surface area contributed by atoms with Crippen molar-refractivity contribution in [2.75, 3.05) is 11.9 Å². The highest BCUT2D eigenvalue weighted by Crippen LogP contribution is 2.12. The number of pyridine rings is 1. The number of esters is 1. The van der Waals surface area contributed by atoms with Crippen molar-refractivity contribution in [2.24, 2.45) is 0 Å². The summed E-state index contributed by atoms with van der Waals surface area (Å²) in [4.78, 5) is 29.1. The number of oxazole rings is 1. The van der Waals surface area contributed by atoms with Gasteiger partial charge in [0.15, 0.2) is 5.69 Å². The Balaban J connectivity index is 2.14. The van der Waals surface area contributed by atoms with Gasteiger partial charge in [-0.15, -0.1) is 0 Å². The summed E-state index contributed by atoms with van der Waals surface area (Å²) in [6.45, 7) is 1.95. The van der Waals surface area contributed by atoms with Gasteiger partial charge in [-0.25, -0.2) is 4.79 Å². The van der Waals surface area contributed by atoms with Crippen LogP contribution in [0.4, 0.5) is 11.7 Å². The van der Waals surface area contributed by atoms with Crippen molar-refractivity contribution in [3.8, 4) is 0 Å². The van der Waals surface area contributed by atoms with Crippen LogP contribution in [-0.4, -0.2) is 22.5 Å². The minimum absolute atomic E-state index is 0.0479. The molecule has 0 aliphatic carbocycles. The molecule has 0 spiro atoms. The average molecular weight is 249 g/mol. The quantitative estimate of drug-likeness (QED) is 0.792. The maximum atomic E-state index is 11.4. The van der Waals surface area contributed by atoms with Gasteiger partial charge in [-0.3, -0.25) is 4.79 Å². The number of rotatable bonds is 4. The Kier molecular flexibility index (Phi) is 3.42. The minimum Gasteiger partial charge on any atom is -0.461 e. The molecule has 0 aromatic carbocycles. The van der Waals surface area contributed by atoms with E-state index in [4.69, 9.17) is 9.15 Å². The number of anilines is 2. The Morgan fingerprint density at radius 1 is 1.61 bits per heavy atom. The molecule has 2 rings (SSSR count). The van der Waals surface area contributed by atoms with E-state index in [1.165, 1.54) is 6.20 Å². The smallest absolute Gasteiger partial charge is 0.360 e. The van der Waals surface area contributed by atoms with Gasteiger partial charge >= 0.3 is 5.97 Å². The summed E-state index contributed by atoms with van der Waals surface area (Å²) in [5, 5.41) is 2.66. The third-order valence-corrected chi connectivity index (χ3v) is 2.05. The van der Waals surface area contributed by atoms with Crippen LogP contribution < -0.4 is 10.9 Å². The van der Waals surface area contributed by atoms with E-state index in [0.29, 0.717) is 0 Å². The van der Waals surface area contributed by atoms with Crippen LogP contribution in [0.25, 0.3) is 0 Å². The van der Waals surface area contributed by atoms with Gasteiger partial charge in [0.25, 0.3) is 11.6 Å². The molecule has 0 bridgehead atoms. The van der Waals surface area contributed by atoms with Gasteiger partial charge in [0.2, 0.25) is 0 Å². The van der Waals surface area contributed by atoms with E-state index < -0.39 is 5.97 Å². The number of nitrogens with zero attached hydrogens (tertiary/aromatic N) is 1. The summed E-state index contributed by atoms with van der Waals surface area (Å²) in [5.74, 6) is -0.573. The molecule has 2 heterocycles. The number of aromatic amines is 1. The van der Waals surface area contributed by atoms with Gasteiger partial charge in [0.1, 0.15) is 12.0 Å². The number of carbonyl (C=O) groups is 1. The van der Waals surface area contributed by atoms with Crippen LogP contribution in [0.1, 0.15) is 17.4 Å². The SMILES string of the molecule is CCOC(=O)c1coc(Nc2ccc[nH]c2=O)n1. The monoisotopic (exact) mass is 249 g/mol. The summed E-state index contributed by atoms with van der Waals surface area (Å²) in [6, 6.07) is 3.26. The summed E-state index contributed by atoms with van der Waals surface area (Å²) in [7, 11) is 0. The van der Waals surface area contributed by atoms with Gasteiger partial charge in [0, 0.05) is 6.20 Å². The van der Waals surface area contributed by atoms with Crippen LogP contribution in [0.15, 0.2) is 33.8 Å². The molecule has 0 saturated carbocycles. The third-order valence-electron chi connectivity index (χ3n) is 2.05. The van der Waals surface area contributed by atoms with Crippen LogP contribution >= 0.6 is 0 Å². The van der Waals surface area contributed by atoms with Crippen molar-refractivity contribution in [3.63, 3.8) is 0 Å². The van der Waals surface area contributed by atoms with Crippen molar-refractivity contribution in [1.82, 2.24) is 9.97 Å². The highest BCUT2D eigenvalue weighted by Gasteiger charge is 2.13. The Bertz CT molecular complexity index is 602. The third kappa shape index (κ3) is 2.57. The highest BCUT2D eigenvalue weighted by atomic mass is 16.5. The highest BCUT2D eigenvalue weighted by molar-refractivity contribution is 5.87. The number of carbonyl (C=O) groups excluding carboxylic acids is 1. The van der Waals surface area contributed by atoms with Gasteiger partial charge in [-0.1, -0.05) is 0 Å². The van der Waals surface area contributed by atoms with E-state index in [0.717, 1.165) is 6.26 Å². The molecule has 0 aliphatic heterocycles. The van der Waals surface area contributed by atoms with Crippen LogP contribution in [0, 0.1) is 0 Å². The van der Waals surface area contributed by atoms with E-state index in [9.17, 15) is 9.59 Å². The predicted octanol–water partition coefficient (Wildman–Crippen LogP) is 1.28. The zero-order valence-electron chi connectivity index (χ0n) is 9.60. The lowest BCUT2D eigenvalue weighted by Gasteiger charge is -1.98. The van der Waals surface area contributed by atoms with Crippen molar-refractivity contribution in [3.05, 3.63) is 40.6 Å². The van der Waals surface area contributed by atoms with Crippen LogP contribution in [0.2, 0.25) is 0 Å². The molecule has 0 radical (unpaired) electrons. The zero-order valence-corrected chi connectivity index (χ0v) is 9.60. The van der Waals surface area contributed by atoms with Crippen molar-refractivity contribution < 1.29 is 13.9 Å². The van der Waals surface area contributed by atoms with Crippen LogP contribution in [0.5, 0.6) is 0 Å². The molecule has 0 amide bonds. The molecule has 0 atom stereocenters. The number of ether oxygens (including phenoxy) is 1. The largest absolute Gasteiger partial charge is 0.461 e. The van der Waals surface area contributed by atoms with E-state index >= 15 is 0 Å². The summed E-state index contributed by atoms with van der Waals surface area (Å²) in [6.07, 6.45) is 2.67. The number of H-pyrrole nitrogens is 1. The molecule has 94 valence electrons. The Labute approximate surface area is 102 Å². The van der Waals surface area contributed by atoms with Gasteiger partial charge in [0.05, 0.1) is 6.61 Å². The summed E-state index contributed by atoms with van der Waals surface area (Å²) < 4.78 is 9.77. The van der Waals surface area contributed by atoms with E-state index in [-0.39, 0.29) is 29.6 Å². The first-order chi connectivity index (χ1) is 8.70. The molecular formula is C11H11N3O4. The lowest BCUT2D eigenvalue weighted by Crippen LogP contribution is -2.10. The molecule has 7 heteroatoms. The van der Waals surface area contributed by atoms with Gasteiger partial charge < -0.3 is 19.5 Å². The van der Waals surface area contributed by atoms with E-state index in [1.807, 2.05) is 0 Å². The molecule has 0 saturated heterocycles. The zero-order chi connectivity index (χ0) is 13.0. The van der Waals surface area contributed by atoms with Crippen molar-refractivity contribution >= 4 is 17.7 Å². The number of aromatic nitrogens is 2. The first kappa shape index (κ1) is 11.9. The molecular weight excluding hydrogens is 238 g/mol. The van der Waals surface area contributed by atoms with Gasteiger partial charge in [-0.2, -0.15) is 4.98 Å². The Morgan fingerprint density at radius 3 is 3.17 bits per heavy atom. The second-order valence-corrected chi connectivity index (χ2v) is 3.30. The normalized spacial score (nSPS) is 10.1. The first-order valence-electron chi connectivity index (χ1n) is 5.28. The topological polar surface area (TPSA) is 97.2 Å². The molecule has 2 N–H and O–H groups in total. The molecule has 2 aromatic heterocycles. The standard InChI is InChI=1S/C11H11N3O4/c1-2-17-10(16)8-6-18-11(14-8)13-7-4-3-5-12-9(7)15/h3-6H,2H2,1H3,(H,12,15)(H,13,14). The maximum Gasteiger partial charge on any atom is 0.360 e. The number of nitrogens with one attached hydrogen (secondary N) is 2. The van der Waals surface area contributed by atoms with Crippen molar-refractivity contribution in [2.45, 2.75) is 6.92 Å². The lowest BCUT2D eigenvalue weighted by atomic mass is 10.4. The molecule has 0 fully saturated rings. The molecule has 0 unspecified atom stereocenters. The number of hydrogen-bond acceptors (Lipinski definition) is 6. The predicted molar refractivity (Wildman–Crippen MR) is 62.8 cm³/mol. The molecule has 18 heavy (non-hydrogen) atoms. The Hall–Kier alpha value is -2.57. The Morgan fingerprint density at radius 2 is 2.44 bits per heavy atom. The summed E-state index contributed by atoms with van der Waals surface area (Å²) in [5.41, 5.74) is 0.00912. The summed E-state index contributed by atoms with van der Waals surface area (Å²) >= 11 is 0. The fraction of sp³-hybridized carbons (Fsp3) is 0.182. The van der Waals surface area contributed by atoms with Gasteiger partial charge in [-0.05, 0) is 19.1 Å². The molecule has 7 nitrogen and oxygen atoms in total. The molecule has 0 aliphatic rings.